The summed E-state index contributed by atoms with van der Waals surface area (Å²) in [4.78, 5) is 0. The molecule has 0 N–H and O–H groups in total. The molecule has 1 spiro atoms. The van der Waals surface area contributed by atoms with E-state index in [2.05, 4.69) is 24.3 Å². The Morgan fingerprint density at radius 2 is 1.85 bits per heavy atom. The van der Waals surface area contributed by atoms with Gasteiger partial charge in [-0.25, -0.2) is 0 Å². The van der Waals surface area contributed by atoms with Crippen LogP contribution in [0.3, 0.4) is 0 Å². The zero-order chi connectivity index (χ0) is 13.8. The van der Waals surface area contributed by atoms with Crippen LogP contribution in [0.4, 0.5) is 0 Å². The zero-order valence-electron chi connectivity index (χ0n) is 12.2. The molecule has 1 aromatic carbocycles. The lowest BCUT2D eigenvalue weighted by Gasteiger charge is -2.33. The van der Waals surface area contributed by atoms with Gasteiger partial charge in [0.05, 0.1) is 17.1 Å². The predicted molar refractivity (Wildman–Crippen MR) is 84.2 cm³/mol. The quantitative estimate of drug-likeness (QED) is 0.654. The first-order valence-electron chi connectivity index (χ1n) is 8.14. The van der Waals surface area contributed by atoms with Crippen molar-refractivity contribution in [3.8, 4) is 0 Å². The van der Waals surface area contributed by atoms with Gasteiger partial charge in [0.15, 0.2) is 0 Å². The first-order valence-corrected chi connectivity index (χ1v) is 8.58. The summed E-state index contributed by atoms with van der Waals surface area (Å²) in [7, 11) is 0. The fourth-order valence-corrected chi connectivity index (χ4v) is 4.09. The molecule has 2 fully saturated rings. The third kappa shape index (κ3) is 3.38. The Bertz CT molecular complexity index is 411. The second kappa shape index (κ2) is 6.49. The van der Waals surface area contributed by atoms with E-state index in [4.69, 9.17) is 16.3 Å². The van der Waals surface area contributed by atoms with Gasteiger partial charge in [0, 0.05) is 0 Å². The van der Waals surface area contributed by atoms with Crippen LogP contribution >= 0.6 is 11.6 Å². The highest BCUT2D eigenvalue weighted by Crippen LogP contribution is 2.43. The summed E-state index contributed by atoms with van der Waals surface area (Å²) in [6.07, 6.45) is 11.7. The molecular formula is C18H25ClO. The zero-order valence-corrected chi connectivity index (χ0v) is 12.9. The molecule has 1 aliphatic carbocycles. The van der Waals surface area contributed by atoms with Crippen molar-refractivity contribution < 1.29 is 4.74 Å². The Kier molecular flexibility index (Phi) is 4.68. The molecule has 3 rings (SSSR count). The molecule has 1 aromatic rings. The van der Waals surface area contributed by atoms with Gasteiger partial charge in [-0.1, -0.05) is 49.6 Å². The Morgan fingerprint density at radius 1 is 1.10 bits per heavy atom. The predicted octanol–water partition coefficient (Wildman–Crippen LogP) is 5.63. The van der Waals surface area contributed by atoms with E-state index < -0.39 is 0 Å². The molecule has 2 atom stereocenters. The maximum atomic E-state index is 6.51. The molecule has 1 saturated heterocycles. The molecule has 0 radical (unpaired) electrons. The van der Waals surface area contributed by atoms with Gasteiger partial charge in [-0.2, -0.15) is 0 Å². The number of benzene rings is 1. The first-order chi connectivity index (χ1) is 9.77. The van der Waals surface area contributed by atoms with Gasteiger partial charge in [-0.05, 0) is 44.1 Å². The standard InChI is InChI=1S/C18H25ClO/c19-17(15-7-3-1-4-8-15)10-9-16-11-14-18(20-16)12-5-2-6-13-18/h1,3-4,7-8,16-17H,2,5-6,9-14H2. The van der Waals surface area contributed by atoms with E-state index in [1.54, 1.807) is 0 Å². The van der Waals surface area contributed by atoms with Crippen LogP contribution in [0.1, 0.15) is 68.7 Å². The Labute approximate surface area is 127 Å². The Balaban J connectivity index is 1.48. The van der Waals surface area contributed by atoms with Crippen LogP contribution in [-0.2, 0) is 4.74 Å². The van der Waals surface area contributed by atoms with Crippen molar-refractivity contribution >= 4 is 11.6 Å². The molecule has 0 bridgehead atoms. The largest absolute Gasteiger partial charge is 0.372 e. The van der Waals surface area contributed by atoms with Crippen LogP contribution in [0.2, 0.25) is 0 Å². The number of hydrogen-bond donors (Lipinski definition) is 0. The van der Waals surface area contributed by atoms with Gasteiger partial charge >= 0.3 is 0 Å². The van der Waals surface area contributed by atoms with E-state index in [0.29, 0.717) is 6.10 Å². The molecule has 110 valence electrons. The molecule has 1 nitrogen and oxygen atoms in total. The van der Waals surface area contributed by atoms with Crippen molar-refractivity contribution in [2.24, 2.45) is 0 Å². The minimum Gasteiger partial charge on any atom is -0.372 e. The number of halogens is 1. The number of alkyl halides is 1. The maximum Gasteiger partial charge on any atom is 0.0687 e. The third-order valence-electron chi connectivity index (χ3n) is 5.01. The second-order valence-corrected chi connectivity index (χ2v) is 7.00. The smallest absolute Gasteiger partial charge is 0.0687 e. The summed E-state index contributed by atoms with van der Waals surface area (Å²) in [5, 5.41) is 0.128. The molecule has 2 aliphatic rings. The van der Waals surface area contributed by atoms with Crippen LogP contribution in [0, 0.1) is 0 Å². The molecule has 0 aromatic heterocycles. The molecule has 0 amide bonds. The van der Waals surface area contributed by atoms with Gasteiger partial charge in [-0.15, -0.1) is 11.6 Å². The second-order valence-electron chi connectivity index (χ2n) is 6.48. The van der Waals surface area contributed by atoms with E-state index in [-0.39, 0.29) is 11.0 Å². The summed E-state index contributed by atoms with van der Waals surface area (Å²) in [5.74, 6) is 0. The maximum absolute atomic E-state index is 6.51. The van der Waals surface area contributed by atoms with Crippen molar-refractivity contribution in [3.05, 3.63) is 35.9 Å². The lowest BCUT2D eigenvalue weighted by Crippen LogP contribution is -2.31. The molecule has 1 saturated carbocycles. The minimum absolute atomic E-state index is 0.128. The van der Waals surface area contributed by atoms with Crippen molar-refractivity contribution in [1.29, 1.82) is 0 Å². The minimum atomic E-state index is 0.128. The lowest BCUT2D eigenvalue weighted by atomic mass is 9.83. The highest BCUT2D eigenvalue weighted by Gasteiger charge is 2.40. The first kappa shape index (κ1) is 14.4. The normalized spacial score (nSPS) is 26.8. The van der Waals surface area contributed by atoms with Crippen molar-refractivity contribution in [2.45, 2.75) is 74.9 Å². The summed E-state index contributed by atoms with van der Waals surface area (Å²) < 4.78 is 6.42. The monoisotopic (exact) mass is 292 g/mol. The number of hydrogen-bond acceptors (Lipinski definition) is 1. The molecular weight excluding hydrogens is 268 g/mol. The average Bonchev–Trinajstić information content (AvgIpc) is 2.89. The Morgan fingerprint density at radius 3 is 2.60 bits per heavy atom. The summed E-state index contributed by atoms with van der Waals surface area (Å²) in [5.41, 5.74) is 1.48. The van der Waals surface area contributed by atoms with Crippen LogP contribution in [-0.4, -0.2) is 11.7 Å². The molecule has 2 heteroatoms. The summed E-state index contributed by atoms with van der Waals surface area (Å²) in [6.45, 7) is 0. The van der Waals surface area contributed by atoms with Gasteiger partial charge < -0.3 is 4.74 Å². The van der Waals surface area contributed by atoms with Crippen LogP contribution in [0.25, 0.3) is 0 Å². The highest BCUT2D eigenvalue weighted by molar-refractivity contribution is 6.20. The molecule has 1 aliphatic heterocycles. The van der Waals surface area contributed by atoms with E-state index in [1.807, 2.05) is 6.07 Å². The van der Waals surface area contributed by atoms with E-state index in [0.717, 1.165) is 12.8 Å². The van der Waals surface area contributed by atoms with Crippen LogP contribution in [0.15, 0.2) is 30.3 Å². The van der Waals surface area contributed by atoms with Crippen molar-refractivity contribution in [2.75, 3.05) is 0 Å². The number of rotatable bonds is 4. The van der Waals surface area contributed by atoms with E-state index in [1.165, 1.54) is 50.5 Å². The van der Waals surface area contributed by atoms with Gasteiger partial charge in [0.2, 0.25) is 0 Å². The molecule has 20 heavy (non-hydrogen) atoms. The third-order valence-corrected chi connectivity index (χ3v) is 5.48. The molecule has 2 unspecified atom stereocenters. The summed E-state index contributed by atoms with van der Waals surface area (Å²) >= 11 is 6.51. The van der Waals surface area contributed by atoms with E-state index in [9.17, 15) is 0 Å². The molecule has 1 heterocycles. The summed E-state index contributed by atoms with van der Waals surface area (Å²) in [6, 6.07) is 10.4. The SMILES string of the molecule is ClC(CCC1CCC2(CCCCC2)O1)c1ccccc1. The van der Waals surface area contributed by atoms with Gasteiger partial charge in [-0.3, -0.25) is 0 Å². The van der Waals surface area contributed by atoms with Crippen molar-refractivity contribution in [3.63, 3.8) is 0 Å². The topological polar surface area (TPSA) is 9.23 Å². The van der Waals surface area contributed by atoms with Gasteiger partial charge in [0.25, 0.3) is 0 Å². The van der Waals surface area contributed by atoms with Crippen LogP contribution in [0.5, 0.6) is 0 Å². The van der Waals surface area contributed by atoms with Gasteiger partial charge in [0.1, 0.15) is 0 Å². The lowest BCUT2D eigenvalue weighted by molar-refractivity contribution is -0.0660. The average molecular weight is 293 g/mol. The number of ether oxygens (including phenoxy) is 1. The van der Waals surface area contributed by atoms with E-state index >= 15 is 0 Å². The fraction of sp³-hybridized carbons (Fsp3) is 0.667. The highest BCUT2D eigenvalue weighted by atomic mass is 35.5. The Hall–Kier alpha value is -0.530. The van der Waals surface area contributed by atoms with Crippen molar-refractivity contribution in [1.82, 2.24) is 0 Å². The fourth-order valence-electron chi connectivity index (χ4n) is 3.82. The van der Waals surface area contributed by atoms with Crippen LogP contribution < -0.4 is 0 Å².